The third-order valence-corrected chi connectivity index (χ3v) is 4.24. The van der Waals surface area contributed by atoms with Crippen LogP contribution in [0.3, 0.4) is 0 Å². The molecule has 0 saturated heterocycles. The van der Waals surface area contributed by atoms with Gasteiger partial charge in [-0.05, 0) is 11.6 Å². The molecule has 1 aliphatic heterocycles. The Morgan fingerprint density at radius 2 is 1.86 bits per heavy atom. The Hall–Kier alpha value is -4.07. The molecule has 0 bridgehead atoms. The summed E-state index contributed by atoms with van der Waals surface area (Å²) in [6, 6.07) is 16.4. The van der Waals surface area contributed by atoms with Crippen molar-refractivity contribution in [1.29, 1.82) is 0 Å². The van der Waals surface area contributed by atoms with Crippen LogP contribution in [0, 0.1) is 0 Å². The second-order valence-electron chi connectivity index (χ2n) is 6.18. The fraction of sp³-hybridized carbons (Fsp3) is 0.0952. The molecule has 1 aliphatic rings. The van der Waals surface area contributed by atoms with E-state index in [9.17, 15) is 9.59 Å². The van der Waals surface area contributed by atoms with Gasteiger partial charge in [0.2, 0.25) is 0 Å². The monoisotopic (exact) mass is 387 g/mol. The van der Waals surface area contributed by atoms with Gasteiger partial charge in [0.05, 0.1) is 17.6 Å². The number of carbonyl (C=O) groups is 2. The summed E-state index contributed by atoms with van der Waals surface area (Å²) in [4.78, 5) is 37.7. The summed E-state index contributed by atoms with van der Waals surface area (Å²) in [5.41, 5.74) is 5.58. The van der Waals surface area contributed by atoms with Gasteiger partial charge in [-0.2, -0.15) is 0 Å². The first-order valence-electron chi connectivity index (χ1n) is 8.93. The maximum absolute atomic E-state index is 12.7. The Labute approximate surface area is 166 Å². The standard InChI is InChI=1S/C21H17N5O3/c27-19-13-24-20(17-12-22-10-11-23-17)16-8-4-5-9-18(16)26(19)25-21(28)29-14-15-6-2-1-3-7-15/h1-12H,13-14H2,(H,25,28). The molecular formula is C21H17N5O3. The number of fused-ring (bicyclic) bond motifs is 1. The van der Waals surface area contributed by atoms with Gasteiger partial charge in [0.1, 0.15) is 18.8 Å². The van der Waals surface area contributed by atoms with E-state index in [1.165, 1.54) is 0 Å². The maximum atomic E-state index is 12.7. The zero-order valence-corrected chi connectivity index (χ0v) is 15.4. The number of carbonyl (C=O) groups excluding carboxylic acids is 2. The van der Waals surface area contributed by atoms with Crippen molar-refractivity contribution in [1.82, 2.24) is 15.4 Å². The SMILES string of the molecule is O=C(NN1C(=O)CN=C(c2cnccn2)c2ccccc21)OCc1ccccc1. The number of rotatable bonds is 4. The number of benzene rings is 2. The van der Waals surface area contributed by atoms with Gasteiger partial charge < -0.3 is 4.74 Å². The number of aromatic nitrogens is 2. The number of nitrogens with one attached hydrogen (secondary N) is 1. The Morgan fingerprint density at radius 3 is 2.66 bits per heavy atom. The molecule has 0 fully saturated rings. The number of anilines is 1. The molecular weight excluding hydrogens is 370 g/mol. The van der Waals surface area contributed by atoms with Crippen LogP contribution in [0.2, 0.25) is 0 Å². The molecule has 144 valence electrons. The highest BCUT2D eigenvalue weighted by Crippen LogP contribution is 2.25. The lowest BCUT2D eigenvalue weighted by atomic mass is 10.1. The summed E-state index contributed by atoms with van der Waals surface area (Å²) in [5, 5.41) is 1.16. The van der Waals surface area contributed by atoms with E-state index in [-0.39, 0.29) is 13.2 Å². The van der Waals surface area contributed by atoms with Gasteiger partial charge in [-0.15, -0.1) is 0 Å². The molecule has 3 aromatic rings. The second kappa shape index (κ2) is 8.30. The molecule has 29 heavy (non-hydrogen) atoms. The van der Waals surface area contributed by atoms with Crippen LogP contribution in [-0.4, -0.2) is 34.2 Å². The third kappa shape index (κ3) is 4.11. The lowest BCUT2D eigenvalue weighted by molar-refractivity contribution is -0.117. The van der Waals surface area contributed by atoms with E-state index >= 15 is 0 Å². The maximum Gasteiger partial charge on any atom is 0.426 e. The molecule has 0 spiro atoms. The highest BCUT2D eigenvalue weighted by Gasteiger charge is 2.27. The van der Waals surface area contributed by atoms with E-state index < -0.39 is 12.0 Å². The van der Waals surface area contributed by atoms with Gasteiger partial charge in [-0.3, -0.25) is 19.8 Å². The van der Waals surface area contributed by atoms with E-state index in [2.05, 4.69) is 20.4 Å². The number of amides is 2. The van der Waals surface area contributed by atoms with Crippen molar-refractivity contribution >= 4 is 23.4 Å². The summed E-state index contributed by atoms with van der Waals surface area (Å²) < 4.78 is 5.24. The van der Waals surface area contributed by atoms with E-state index in [1.807, 2.05) is 42.5 Å². The quantitative estimate of drug-likeness (QED) is 0.742. The van der Waals surface area contributed by atoms with Crippen molar-refractivity contribution in [2.75, 3.05) is 11.6 Å². The molecule has 4 rings (SSSR count). The summed E-state index contributed by atoms with van der Waals surface area (Å²) in [6.07, 6.45) is 3.97. The molecule has 0 unspecified atom stereocenters. The number of benzodiazepines with no additional fused rings is 1. The number of para-hydroxylation sites is 1. The van der Waals surface area contributed by atoms with Crippen LogP contribution in [0.5, 0.6) is 0 Å². The molecule has 0 atom stereocenters. The van der Waals surface area contributed by atoms with E-state index in [1.54, 1.807) is 30.7 Å². The molecule has 2 aromatic carbocycles. The van der Waals surface area contributed by atoms with Gasteiger partial charge in [-0.1, -0.05) is 48.5 Å². The Balaban J connectivity index is 1.57. The van der Waals surface area contributed by atoms with Gasteiger partial charge in [0.25, 0.3) is 5.91 Å². The van der Waals surface area contributed by atoms with E-state index in [0.717, 1.165) is 10.6 Å². The molecule has 0 radical (unpaired) electrons. The molecule has 1 N–H and O–H groups in total. The van der Waals surface area contributed by atoms with Crippen molar-refractivity contribution in [2.45, 2.75) is 6.61 Å². The summed E-state index contributed by atoms with van der Waals surface area (Å²) in [6.45, 7) is -0.0583. The fourth-order valence-electron chi connectivity index (χ4n) is 2.92. The fourth-order valence-corrected chi connectivity index (χ4v) is 2.92. The third-order valence-electron chi connectivity index (χ3n) is 4.24. The van der Waals surface area contributed by atoms with Gasteiger partial charge in [0.15, 0.2) is 0 Å². The molecule has 2 amide bonds. The van der Waals surface area contributed by atoms with Crippen molar-refractivity contribution in [3.8, 4) is 0 Å². The lowest BCUT2D eigenvalue weighted by Gasteiger charge is -2.23. The van der Waals surface area contributed by atoms with Crippen LogP contribution in [-0.2, 0) is 16.1 Å². The van der Waals surface area contributed by atoms with Crippen LogP contribution < -0.4 is 10.4 Å². The smallest absolute Gasteiger partial charge is 0.426 e. The minimum absolute atomic E-state index is 0.0949. The number of aliphatic imine (C=N–C) groups is 1. The predicted molar refractivity (Wildman–Crippen MR) is 106 cm³/mol. The normalized spacial score (nSPS) is 13.2. The van der Waals surface area contributed by atoms with Crippen LogP contribution in [0.1, 0.15) is 16.8 Å². The molecule has 1 aromatic heterocycles. The van der Waals surface area contributed by atoms with Gasteiger partial charge in [0, 0.05) is 18.0 Å². The zero-order valence-electron chi connectivity index (χ0n) is 15.4. The highest BCUT2D eigenvalue weighted by molar-refractivity contribution is 6.18. The van der Waals surface area contributed by atoms with Crippen LogP contribution in [0.15, 0.2) is 78.2 Å². The Bertz CT molecular complexity index is 1050. The van der Waals surface area contributed by atoms with E-state index in [4.69, 9.17) is 4.74 Å². The molecule has 8 heteroatoms. The number of hydrazine groups is 1. The Kier molecular flexibility index (Phi) is 5.24. The minimum Gasteiger partial charge on any atom is -0.443 e. The first-order valence-corrected chi connectivity index (χ1v) is 8.93. The van der Waals surface area contributed by atoms with Crippen LogP contribution >= 0.6 is 0 Å². The Morgan fingerprint density at radius 1 is 1.07 bits per heavy atom. The first-order chi connectivity index (χ1) is 14.2. The number of hydrogen-bond acceptors (Lipinski definition) is 6. The van der Waals surface area contributed by atoms with Gasteiger partial charge >= 0.3 is 6.09 Å². The average Bonchev–Trinajstić information content (AvgIpc) is 2.91. The average molecular weight is 387 g/mol. The summed E-state index contributed by atoms with van der Waals surface area (Å²) in [5.74, 6) is -0.395. The first kappa shape index (κ1) is 18.3. The van der Waals surface area contributed by atoms with Crippen molar-refractivity contribution in [3.63, 3.8) is 0 Å². The van der Waals surface area contributed by atoms with Gasteiger partial charge in [-0.25, -0.2) is 15.2 Å². The van der Waals surface area contributed by atoms with Crippen LogP contribution in [0.25, 0.3) is 0 Å². The second-order valence-corrected chi connectivity index (χ2v) is 6.18. The number of hydrogen-bond donors (Lipinski definition) is 1. The molecule has 8 nitrogen and oxygen atoms in total. The van der Waals surface area contributed by atoms with Crippen molar-refractivity contribution < 1.29 is 14.3 Å². The number of ether oxygens (including phenoxy) is 1. The summed E-state index contributed by atoms with van der Waals surface area (Å²) >= 11 is 0. The minimum atomic E-state index is -0.736. The highest BCUT2D eigenvalue weighted by atomic mass is 16.6. The van der Waals surface area contributed by atoms with Crippen molar-refractivity contribution in [3.05, 3.63) is 90.0 Å². The lowest BCUT2D eigenvalue weighted by Crippen LogP contribution is -2.47. The van der Waals surface area contributed by atoms with Crippen LogP contribution in [0.4, 0.5) is 10.5 Å². The predicted octanol–water partition coefficient (Wildman–Crippen LogP) is 2.50. The summed E-state index contributed by atoms with van der Waals surface area (Å²) in [7, 11) is 0. The molecule has 0 aliphatic carbocycles. The molecule has 0 saturated carbocycles. The topological polar surface area (TPSA) is 96.8 Å². The van der Waals surface area contributed by atoms with E-state index in [0.29, 0.717) is 22.7 Å². The number of nitrogens with zero attached hydrogens (tertiary/aromatic N) is 4. The zero-order chi connectivity index (χ0) is 20.1. The van der Waals surface area contributed by atoms with Crippen molar-refractivity contribution in [2.24, 2.45) is 4.99 Å². The largest absolute Gasteiger partial charge is 0.443 e. The molecule has 2 heterocycles.